The predicted octanol–water partition coefficient (Wildman–Crippen LogP) is 1.47. The van der Waals surface area contributed by atoms with Gasteiger partial charge in [-0.25, -0.2) is 0 Å². The first-order valence-corrected chi connectivity index (χ1v) is 5.09. The zero-order valence-electron chi connectivity index (χ0n) is 9.82. The summed E-state index contributed by atoms with van der Waals surface area (Å²) < 4.78 is 0. The Bertz CT molecular complexity index is 237. The summed E-state index contributed by atoms with van der Waals surface area (Å²) in [5.41, 5.74) is 16.2. The van der Waals surface area contributed by atoms with E-state index in [1.54, 1.807) is 0 Å². The van der Waals surface area contributed by atoms with Crippen molar-refractivity contribution in [1.29, 1.82) is 0 Å². The van der Waals surface area contributed by atoms with Crippen LogP contribution in [-0.2, 0) is 0 Å². The van der Waals surface area contributed by atoms with Crippen molar-refractivity contribution in [3.05, 3.63) is 20.9 Å². The van der Waals surface area contributed by atoms with Crippen LogP contribution in [-0.4, -0.2) is 63.2 Å². The topological polar surface area (TPSA) is 104 Å². The monoisotopic (exact) mass is 226 g/mol. The van der Waals surface area contributed by atoms with Gasteiger partial charge in [-0.3, -0.25) is 0 Å². The Balaban J connectivity index is 3.53. The second-order valence-corrected chi connectivity index (χ2v) is 3.52. The minimum Gasteiger partial charge on any atom is -0.305 e. The maximum absolute atomic E-state index is 8.11. The van der Waals surface area contributed by atoms with Crippen molar-refractivity contribution in [1.82, 2.24) is 9.80 Å². The van der Waals surface area contributed by atoms with Crippen LogP contribution in [0.5, 0.6) is 0 Å². The van der Waals surface area contributed by atoms with Crippen molar-refractivity contribution in [2.24, 2.45) is 10.2 Å². The van der Waals surface area contributed by atoms with Crippen molar-refractivity contribution in [3.8, 4) is 0 Å². The molecule has 0 aromatic carbocycles. The molecule has 0 aromatic heterocycles. The molecule has 0 amide bonds. The summed E-state index contributed by atoms with van der Waals surface area (Å²) in [6.45, 7) is 4.30. The Morgan fingerprint density at radius 1 is 0.812 bits per heavy atom. The molecule has 0 aromatic rings. The van der Waals surface area contributed by atoms with Crippen molar-refractivity contribution in [2.45, 2.75) is 0 Å². The average Bonchev–Trinajstić information content (AvgIpc) is 2.27. The highest BCUT2D eigenvalue weighted by Crippen LogP contribution is 1.88. The molecule has 0 rings (SSSR count). The van der Waals surface area contributed by atoms with E-state index in [-0.39, 0.29) is 0 Å². The van der Waals surface area contributed by atoms with Crippen LogP contribution >= 0.6 is 0 Å². The highest BCUT2D eigenvalue weighted by molar-refractivity contribution is 4.60. The summed E-state index contributed by atoms with van der Waals surface area (Å²) in [5, 5.41) is 6.94. The fourth-order valence-corrected chi connectivity index (χ4v) is 1.09. The van der Waals surface area contributed by atoms with Gasteiger partial charge in [-0.1, -0.05) is 10.2 Å². The molecule has 90 valence electrons. The van der Waals surface area contributed by atoms with Gasteiger partial charge in [0.1, 0.15) is 0 Å². The van der Waals surface area contributed by atoms with Gasteiger partial charge in [0, 0.05) is 49.1 Å². The largest absolute Gasteiger partial charge is 0.305 e. The molecule has 0 N–H and O–H groups in total. The minimum atomic E-state index is 0.495. The first-order chi connectivity index (χ1) is 7.70. The minimum absolute atomic E-state index is 0.495. The Labute approximate surface area is 95.1 Å². The fourth-order valence-electron chi connectivity index (χ4n) is 1.09. The van der Waals surface area contributed by atoms with Gasteiger partial charge in [0.15, 0.2) is 0 Å². The molecule has 8 nitrogen and oxygen atoms in total. The number of azide groups is 2. The zero-order valence-corrected chi connectivity index (χ0v) is 9.82. The van der Waals surface area contributed by atoms with E-state index in [4.69, 9.17) is 11.1 Å². The van der Waals surface area contributed by atoms with Crippen LogP contribution < -0.4 is 0 Å². The van der Waals surface area contributed by atoms with Crippen molar-refractivity contribution >= 4 is 0 Å². The summed E-state index contributed by atoms with van der Waals surface area (Å²) in [5.74, 6) is 0. The lowest BCUT2D eigenvalue weighted by Crippen LogP contribution is -2.33. The summed E-state index contributed by atoms with van der Waals surface area (Å²) in [6.07, 6.45) is 0. The van der Waals surface area contributed by atoms with Gasteiger partial charge in [-0.05, 0) is 25.2 Å². The zero-order chi connectivity index (χ0) is 12.2. The first-order valence-electron chi connectivity index (χ1n) is 5.09. The van der Waals surface area contributed by atoms with Crippen LogP contribution in [0.4, 0.5) is 0 Å². The van der Waals surface area contributed by atoms with Crippen LogP contribution in [0.2, 0.25) is 0 Å². The number of nitrogens with zero attached hydrogens (tertiary/aromatic N) is 8. The van der Waals surface area contributed by atoms with E-state index in [0.717, 1.165) is 26.2 Å². The quantitative estimate of drug-likeness (QED) is 0.337. The van der Waals surface area contributed by atoms with Crippen LogP contribution in [0.3, 0.4) is 0 Å². The molecule has 0 heterocycles. The summed E-state index contributed by atoms with van der Waals surface area (Å²) >= 11 is 0. The molecule has 0 bridgehead atoms. The Kier molecular flexibility index (Phi) is 9.15. The van der Waals surface area contributed by atoms with Crippen molar-refractivity contribution < 1.29 is 0 Å². The number of likely N-dealkylation sites (N-methyl/N-ethyl adjacent to an activating group) is 2. The number of rotatable bonds is 9. The molecule has 0 fully saturated rings. The fraction of sp³-hybridized carbons (Fsp3) is 1.00. The van der Waals surface area contributed by atoms with E-state index in [2.05, 4.69) is 29.9 Å². The van der Waals surface area contributed by atoms with Crippen LogP contribution in [0.25, 0.3) is 20.9 Å². The lowest BCUT2D eigenvalue weighted by molar-refractivity contribution is 0.264. The standard InChI is InChI=1S/C8H18N8/c1-15(5-3-11-13-9)7-8-16(2)6-4-12-14-10/h3-8H2,1-2H3. The maximum Gasteiger partial charge on any atom is 0.0385 e. The van der Waals surface area contributed by atoms with Gasteiger partial charge in [-0.2, -0.15) is 0 Å². The predicted molar refractivity (Wildman–Crippen MR) is 63.0 cm³/mol. The Morgan fingerprint density at radius 3 is 1.50 bits per heavy atom. The van der Waals surface area contributed by atoms with Crippen LogP contribution in [0.1, 0.15) is 0 Å². The molecule has 0 aliphatic heterocycles. The van der Waals surface area contributed by atoms with Crippen LogP contribution in [0.15, 0.2) is 10.2 Å². The smallest absolute Gasteiger partial charge is 0.0385 e. The first kappa shape index (κ1) is 14.5. The normalized spacial score (nSPS) is 10.0. The molecular weight excluding hydrogens is 208 g/mol. The summed E-state index contributed by atoms with van der Waals surface area (Å²) in [6, 6.07) is 0. The van der Waals surface area contributed by atoms with Gasteiger partial charge < -0.3 is 9.80 Å². The third-order valence-corrected chi connectivity index (χ3v) is 2.15. The van der Waals surface area contributed by atoms with Crippen molar-refractivity contribution in [2.75, 3.05) is 53.4 Å². The molecule has 0 atom stereocenters. The molecule has 0 spiro atoms. The average molecular weight is 226 g/mol. The second-order valence-electron chi connectivity index (χ2n) is 3.52. The van der Waals surface area contributed by atoms with Gasteiger partial charge in [0.05, 0.1) is 0 Å². The van der Waals surface area contributed by atoms with Gasteiger partial charge in [0.25, 0.3) is 0 Å². The van der Waals surface area contributed by atoms with Crippen molar-refractivity contribution in [3.63, 3.8) is 0 Å². The van der Waals surface area contributed by atoms with E-state index in [0.29, 0.717) is 13.1 Å². The van der Waals surface area contributed by atoms with Gasteiger partial charge in [-0.15, -0.1) is 0 Å². The molecule has 8 heteroatoms. The molecule has 0 aliphatic rings. The summed E-state index contributed by atoms with van der Waals surface area (Å²) in [4.78, 5) is 9.58. The third-order valence-electron chi connectivity index (χ3n) is 2.15. The molecular formula is C8H18N8. The van der Waals surface area contributed by atoms with E-state index in [1.807, 2.05) is 14.1 Å². The molecule has 0 radical (unpaired) electrons. The number of hydrogen-bond donors (Lipinski definition) is 0. The maximum atomic E-state index is 8.11. The third kappa shape index (κ3) is 9.11. The number of hydrogen-bond acceptors (Lipinski definition) is 4. The second kappa shape index (κ2) is 10.1. The lowest BCUT2D eigenvalue weighted by Gasteiger charge is -2.20. The Hall–Kier alpha value is -1.46. The molecule has 0 aliphatic carbocycles. The van der Waals surface area contributed by atoms with Gasteiger partial charge >= 0.3 is 0 Å². The lowest BCUT2D eigenvalue weighted by atomic mass is 10.4. The van der Waals surface area contributed by atoms with E-state index >= 15 is 0 Å². The van der Waals surface area contributed by atoms with Crippen LogP contribution in [0, 0.1) is 0 Å². The van der Waals surface area contributed by atoms with E-state index < -0.39 is 0 Å². The molecule has 0 saturated carbocycles. The molecule has 0 unspecified atom stereocenters. The highest BCUT2D eigenvalue weighted by Gasteiger charge is 2.00. The molecule has 0 saturated heterocycles. The highest BCUT2D eigenvalue weighted by atomic mass is 15.2. The SMILES string of the molecule is CN(CCN=[N+]=[N-])CCN(C)CCN=[N+]=[N-]. The van der Waals surface area contributed by atoms with E-state index in [1.165, 1.54) is 0 Å². The molecule has 16 heavy (non-hydrogen) atoms. The van der Waals surface area contributed by atoms with Gasteiger partial charge in [0.2, 0.25) is 0 Å². The summed E-state index contributed by atoms with van der Waals surface area (Å²) in [7, 11) is 3.96. The Morgan fingerprint density at radius 2 is 1.19 bits per heavy atom. The van der Waals surface area contributed by atoms with E-state index in [9.17, 15) is 0 Å².